The number of anilines is 2. The highest BCUT2D eigenvalue weighted by Gasteiger charge is 2.45. The number of aliphatic hydroxyl groups is 1. The minimum absolute atomic E-state index is 0.0146. The van der Waals surface area contributed by atoms with Crippen LogP contribution in [0.4, 0.5) is 41.6 Å². The molecule has 0 spiro atoms. The predicted octanol–water partition coefficient (Wildman–Crippen LogP) is 6.43. The molecule has 45 heavy (non-hydrogen) atoms. The van der Waals surface area contributed by atoms with Gasteiger partial charge in [-0.3, -0.25) is 0 Å². The number of likely N-dealkylation sites (tertiary alicyclic amines) is 1. The summed E-state index contributed by atoms with van der Waals surface area (Å²) in [4.78, 5) is 11.6. The van der Waals surface area contributed by atoms with Gasteiger partial charge in [0, 0.05) is 35.5 Å². The van der Waals surface area contributed by atoms with Crippen molar-refractivity contribution in [2.75, 3.05) is 50.5 Å². The SMILES string of the molecule is CCN(CCO)c1nc(OC[C@@H]2CCCN2C)nc2c(C(F)(F)F)c(-c3ccc(F)c4sc(N)c(C#N)c34)c(C(F)(F)F)cc12. The third-order valence-corrected chi connectivity index (χ3v) is 8.89. The Bertz CT molecular complexity index is 1800. The van der Waals surface area contributed by atoms with Gasteiger partial charge in [0.05, 0.1) is 33.5 Å². The van der Waals surface area contributed by atoms with Crippen LogP contribution in [0.25, 0.3) is 32.1 Å². The number of likely N-dealkylation sites (N-methyl/N-ethyl adjacent to an activating group) is 2. The molecule has 5 rings (SSSR count). The van der Waals surface area contributed by atoms with Crippen molar-refractivity contribution in [1.82, 2.24) is 14.9 Å². The van der Waals surface area contributed by atoms with E-state index in [1.165, 1.54) is 4.90 Å². The van der Waals surface area contributed by atoms with E-state index in [-0.39, 0.29) is 41.3 Å². The molecule has 0 bridgehead atoms. The number of thiophene rings is 1. The van der Waals surface area contributed by atoms with E-state index in [4.69, 9.17) is 10.5 Å². The molecule has 0 amide bonds. The van der Waals surface area contributed by atoms with Crippen LogP contribution in [0.15, 0.2) is 18.2 Å². The summed E-state index contributed by atoms with van der Waals surface area (Å²) in [6.45, 7) is 1.84. The van der Waals surface area contributed by atoms with Gasteiger partial charge < -0.3 is 25.4 Å². The average molecular weight is 657 g/mol. The van der Waals surface area contributed by atoms with E-state index in [9.17, 15) is 27.9 Å². The molecule has 2 aromatic heterocycles. The molecule has 3 N–H and O–H groups in total. The number of fused-ring (bicyclic) bond motifs is 2. The second-order valence-electron chi connectivity index (χ2n) is 10.5. The smallest absolute Gasteiger partial charge is 0.419 e. The number of nitriles is 1. The average Bonchev–Trinajstić information content (AvgIpc) is 3.54. The van der Waals surface area contributed by atoms with Gasteiger partial charge in [0.1, 0.15) is 29.3 Å². The van der Waals surface area contributed by atoms with Crippen LogP contribution >= 0.6 is 11.3 Å². The normalized spacial score (nSPS) is 16.1. The molecule has 16 heteroatoms. The zero-order valence-electron chi connectivity index (χ0n) is 24.0. The summed E-state index contributed by atoms with van der Waals surface area (Å²) < 4.78 is 110. The maximum absolute atomic E-state index is 15.2. The first-order chi connectivity index (χ1) is 21.2. The zero-order valence-corrected chi connectivity index (χ0v) is 24.8. The van der Waals surface area contributed by atoms with E-state index in [1.807, 2.05) is 11.9 Å². The quantitative estimate of drug-likeness (QED) is 0.209. The number of hydrogen-bond acceptors (Lipinski definition) is 9. The molecule has 0 aliphatic carbocycles. The molecule has 0 saturated carbocycles. The van der Waals surface area contributed by atoms with Crippen molar-refractivity contribution < 1.29 is 40.6 Å². The number of benzene rings is 2. The highest BCUT2D eigenvalue weighted by atomic mass is 32.1. The van der Waals surface area contributed by atoms with Crippen molar-refractivity contribution in [3.8, 4) is 23.2 Å². The largest absolute Gasteiger partial charge is 0.462 e. The van der Waals surface area contributed by atoms with E-state index in [2.05, 4.69) is 9.97 Å². The number of hydrogen-bond donors (Lipinski definition) is 2. The van der Waals surface area contributed by atoms with Gasteiger partial charge in [0.2, 0.25) is 0 Å². The fourth-order valence-electron chi connectivity index (χ4n) is 5.72. The molecule has 3 heterocycles. The lowest BCUT2D eigenvalue weighted by Crippen LogP contribution is -2.31. The number of nitrogen functional groups attached to an aromatic ring is 1. The van der Waals surface area contributed by atoms with Crippen LogP contribution in [-0.4, -0.2) is 65.9 Å². The lowest BCUT2D eigenvalue weighted by Gasteiger charge is -2.27. The summed E-state index contributed by atoms with van der Waals surface area (Å²) in [5.74, 6) is -1.26. The summed E-state index contributed by atoms with van der Waals surface area (Å²) in [6.07, 6.45) is -9.17. The molecule has 240 valence electrons. The second-order valence-corrected chi connectivity index (χ2v) is 11.6. The number of alkyl halides is 6. The maximum Gasteiger partial charge on any atom is 0.419 e. The van der Waals surface area contributed by atoms with Crippen molar-refractivity contribution in [2.24, 2.45) is 0 Å². The first-order valence-corrected chi connectivity index (χ1v) is 14.7. The Hall–Kier alpha value is -3.94. The van der Waals surface area contributed by atoms with Crippen LogP contribution in [0, 0.1) is 17.1 Å². The summed E-state index contributed by atoms with van der Waals surface area (Å²) in [5, 5.41) is 18.0. The van der Waals surface area contributed by atoms with Gasteiger partial charge in [0.15, 0.2) is 0 Å². The van der Waals surface area contributed by atoms with E-state index in [0.29, 0.717) is 17.4 Å². The highest BCUT2D eigenvalue weighted by molar-refractivity contribution is 7.23. The van der Waals surface area contributed by atoms with Gasteiger partial charge >= 0.3 is 18.4 Å². The summed E-state index contributed by atoms with van der Waals surface area (Å²) in [7, 11) is 1.86. The minimum atomic E-state index is -5.44. The first-order valence-electron chi connectivity index (χ1n) is 13.8. The molecule has 0 radical (unpaired) electrons. The highest BCUT2D eigenvalue weighted by Crippen LogP contribution is 2.52. The number of aromatic nitrogens is 2. The Labute approximate surface area is 256 Å². The van der Waals surface area contributed by atoms with E-state index >= 15 is 13.2 Å². The molecule has 1 aliphatic heterocycles. The number of aliphatic hydroxyl groups excluding tert-OH is 1. The number of nitrogens with two attached hydrogens (primary N) is 1. The number of ether oxygens (including phenoxy) is 1. The number of nitrogens with zero attached hydrogens (tertiary/aromatic N) is 5. The molecule has 1 aliphatic rings. The van der Waals surface area contributed by atoms with Crippen molar-refractivity contribution in [3.63, 3.8) is 0 Å². The molecule has 0 unspecified atom stereocenters. The molecule has 4 aromatic rings. The third kappa shape index (κ3) is 5.91. The van der Waals surface area contributed by atoms with Crippen molar-refractivity contribution in [3.05, 3.63) is 40.7 Å². The van der Waals surface area contributed by atoms with Crippen LogP contribution < -0.4 is 15.4 Å². The molecule has 2 aromatic carbocycles. The minimum Gasteiger partial charge on any atom is -0.462 e. The molecule has 8 nitrogen and oxygen atoms in total. The molecular formula is C29H27F7N6O2S. The first kappa shape index (κ1) is 32.5. The van der Waals surface area contributed by atoms with Gasteiger partial charge in [-0.2, -0.15) is 41.6 Å². The molecular weight excluding hydrogens is 629 g/mol. The van der Waals surface area contributed by atoms with Crippen molar-refractivity contribution >= 4 is 43.1 Å². The molecule has 1 fully saturated rings. The molecule has 1 atom stereocenters. The Morgan fingerprint density at radius 1 is 1.20 bits per heavy atom. The Kier molecular flexibility index (Phi) is 8.73. The summed E-state index contributed by atoms with van der Waals surface area (Å²) >= 11 is 0.543. The lowest BCUT2D eigenvalue weighted by atomic mass is 9.88. The fourth-order valence-corrected chi connectivity index (χ4v) is 6.67. The van der Waals surface area contributed by atoms with Crippen LogP contribution in [0.2, 0.25) is 0 Å². The van der Waals surface area contributed by atoms with E-state index in [1.54, 1.807) is 13.0 Å². The lowest BCUT2D eigenvalue weighted by molar-refractivity contribution is -0.141. The van der Waals surface area contributed by atoms with Gasteiger partial charge in [-0.25, -0.2) is 4.39 Å². The van der Waals surface area contributed by atoms with Crippen LogP contribution in [0.1, 0.15) is 36.5 Å². The van der Waals surface area contributed by atoms with Crippen molar-refractivity contribution in [2.45, 2.75) is 38.2 Å². The van der Waals surface area contributed by atoms with Crippen LogP contribution in [0.5, 0.6) is 6.01 Å². The van der Waals surface area contributed by atoms with Crippen LogP contribution in [0.3, 0.4) is 0 Å². The van der Waals surface area contributed by atoms with Crippen LogP contribution in [-0.2, 0) is 12.4 Å². The van der Waals surface area contributed by atoms with Gasteiger partial charge in [-0.15, -0.1) is 11.3 Å². The zero-order chi connectivity index (χ0) is 32.8. The van der Waals surface area contributed by atoms with Crippen molar-refractivity contribution in [1.29, 1.82) is 5.26 Å². The fraction of sp³-hybridized carbons (Fsp3) is 0.414. The Balaban J connectivity index is 1.93. The third-order valence-electron chi connectivity index (χ3n) is 7.87. The standard InChI is InChI=1S/C29H27F7N6O2S/c1-3-42(9-10-43)26-16-11-18(28(31,32)33)21(15-6-7-19(30)24-20(15)17(12-37)25(38)45-24)22(29(34,35)36)23(16)39-27(40-26)44-13-14-5-4-8-41(14)2/h6-7,11,14,43H,3-5,8-10,13,38H2,1-2H3/t14-/m0/s1. The van der Waals surface area contributed by atoms with E-state index in [0.717, 1.165) is 31.5 Å². The maximum atomic E-state index is 15.2. The second kappa shape index (κ2) is 12.1. The summed E-state index contributed by atoms with van der Waals surface area (Å²) in [5.41, 5.74) is -0.968. The Morgan fingerprint density at radius 2 is 1.93 bits per heavy atom. The van der Waals surface area contributed by atoms with E-state index < -0.39 is 74.9 Å². The van der Waals surface area contributed by atoms with Gasteiger partial charge in [-0.05, 0) is 51.1 Å². The Morgan fingerprint density at radius 3 is 2.51 bits per heavy atom. The number of halogens is 7. The number of rotatable bonds is 8. The molecule has 1 saturated heterocycles. The van der Waals surface area contributed by atoms with Gasteiger partial charge in [-0.1, -0.05) is 6.07 Å². The van der Waals surface area contributed by atoms with Gasteiger partial charge in [0.25, 0.3) is 0 Å². The summed E-state index contributed by atoms with van der Waals surface area (Å²) in [6, 6.07) is 3.13. The monoisotopic (exact) mass is 656 g/mol. The predicted molar refractivity (Wildman–Crippen MR) is 156 cm³/mol. The topological polar surface area (TPSA) is 112 Å².